The van der Waals surface area contributed by atoms with Gasteiger partial charge in [-0.25, -0.2) is 0 Å². The summed E-state index contributed by atoms with van der Waals surface area (Å²) >= 11 is 0. The normalized spacial score (nSPS) is 23.3. The highest BCUT2D eigenvalue weighted by Gasteiger charge is 2.25. The number of nitrogens with one attached hydrogen (secondary N) is 1. The van der Waals surface area contributed by atoms with Crippen LogP contribution in [-0.2, 0) is 9.53 Å². The summed E-state index contributed by atoms with van der Waals surface area (Å²) in [6.45, 7) is 3.65. The standard InChI is InChI=1S/C15H29NO3/c1-2-3-4-13-5-7-14(8-6-13)15(18)16-9-11-19-12-10-17/h13-14,17H,2-12H2,1H3,(H,16,18). The van der Waals surface area contributed by atoms with E-state index in [2.05, 4.69) is 12.2 Å². The quantitative estimate of drug-likeness (QED) is 0.631. The summed E-state index contributed by atoms with van der Waals surface area (Å²) in [5.41, 5.74) is 0. The molecule has 0 aromatic carbocycles. The molecule has 2 N–H and O–H groups in total. The lowest BCUT2D eigenvalue weighted by molar-refractivity contribution is -0.126. The van der Waals surface area contributed by atoms with Gasteiger partial charge in [0.2, 0.25) is 5.91 Å². The van der Waals surface area contributed by atoms with Crippen LogP contribution in [0.25, 0.3) is 0 Å². The number of hydrogen-bond donors (Lipinski definition) is 2. The smallest absolute Gasteiger partial charge is 0.223 e. The fourth-order valence-corrected chi connectivity index (χ4v) is 2.76. The Morgan fingerprint density at radius 3 is 2.63 bits per heavy atom. The Morgan fingerprint density at radius 1 is 1.26 bits per heavy atom. The van der Waals surface area contributed by atoms with E-state index >= 15 is 0 Å². The lowest BCUT2D eigenvalue weighted by Crippen LogP contribution is -2.35. The number of carbonyl (C=O) groups excluding carboxylic acids is 1. The maximum Gasteiger partial charge on any atom is 0.223 e. The summed E-state index contributed by atoms with van der Waals surface area (Å²) < 4.78 is 5.12. The molecule has 0 heterocycles. The van der Waals surface area contributed by atoms with Gasteiger partial charge in [-0.3, -0.25) is 4.79 Å². The first-order valence-corrected chi connectivity index (χ1v) is 7.74. The molecule has 1 amide bonds. The van der Waals surface area contributed by atoms with Crippen molar-refractivity contribution in [1.82, 2.24) is 5.32 Å². The SMILES string of the molecule is CCCCC1CCC(C(=O)NCCOCCO)CC1. The second-order valence-electron chi connectivity index (χ2n) is 5.49. The van der Waals surface area contributed by atoms with E-state index in [9.17, 15) is 4.79 Å². The minimum absolute atomic E-state index is 0.0374. The lowest BCUT2D eigenvalue weighted by atomic mass is 9.79. The number of amides is 1. The van der Waals surface area contributed by atoms with Crippen LogP contribution in [0, 0.1) is 11.8 Å². The predicted molar refractivity (Wildman–Crippen MR) is 75.9 cm³/mol. The zero-order valence-electron chi connectivity index (χ0n) is 12.2. The minimum Gasteiger partial charge on any atom is -0.394 e. The second-order valence-corrected chi connectivity index (χ2v) is 5.49. The molecule has 112 valence electrons. The Bertz CT molecular complexity index is 238. The van der Waals surface area contributed by atoms with E-state index in [0.717, 1.165) is 18.8 Å². The average Bonchev–Trinajstić information content (AvgIpc) is 2.45. The maximum absolute atomic E-state index is 11.9. The fraction of sp³-hybridized carbons (Fsp3) is 0.933. The van der Waals surface area contributed by atoms with E-state index in [1.54, 1.807) is 0 Å². The second kappa shape index (κ2) is 10.2. The topological polar surface area (TPSA) is 58.6 Å². The molecular formula is C15H29NO3. The number of carbonyl (C=O) groups is 1. The van der Waals surface area contributed by atoms with Crippen molar-refractivity contribution >= 4 is 5.91 Å². The van der Waals surface area contributed by atoms with Crippen LogP contribution in [0.4, 0.5) is 0 Å². The van der Waals surface area contributed by atoms with Crippen molar-refractivity contribution in [2.24, 2.45) is 11.8 Å². The average molecular weight is 271 g/mol. The zero-order chi connectivity index (χ0) is 13.9. The van der Waals surface area contributed by atoms with Gasteiger partial charge in [0.15, 0.2) is 0 Å². The van der Waals surface area contributed by atoms with E-state index in [1.807, 2.05) is 0 Å². The number of aliphatic hydroxyl groups is 1. The van der Waals surface area contributed by atoms with Crippen molar-refractivity contribution in [1.29, 1.82) is 0 Å². The van der Waals surface area contributed by atoms with Crippen molar-refractivity contribution in [3.05, 3.63) is 0 Å². The van der Waals surface area contributed by atoms with Crippen molar-refractivity contribution in [3.63, 3.8) is 0 Å². The van der Waals surface area contributed by atoms with Crippen LogP contribution in [0.15, 0.2) is 0 Å². The highest BCUT2D eigenvalue weighted by Crippen LogP contribution is 2.31. The van der Waals surface area contributed by atoms with Gasteiger partial charge in [0.25, 0.3) is 0 Å². The monoisotopic (exact) mass is 271 g/mol. The number of rotatable bonds is 9. The third-order valence-corrected chi connectivity index (χ3v) is 3.96. The van der Waals surface area contributed by atoms with Crippen LogP contribution >= 0.6 is 0 Å². The molecule has 0 unspecified atom stereocenters. The van der Waals surface area contributed by atoms with E-state index in [0.29, 0.717) is 19.8 Å². The van der Waals surface area contributed by atoms with E-state index in [-0.39, 0.29) is 18.4 Å². The molecule has 1 saturated carbocycles. The molecule has 1 fully saturated rings. The predicted octanol–water partition coefficient (Wildman–Crippen LogP) is 2.11. The van der Waals surface area contributed by atoms with Crippen LogP contribution in [0.5, 0.6) is 0 Å². The highest BCUT2D eigenvalue weighted by atomic mass is 16.5. The van der Waals surface area contributed by atoms with Gasteiger partial charge in [-0.1, -0.05) is 26.2 Å². The maximum atomic E-state index is 11.9. The molecule has 0 aromatic heterocycles. The largest absolute Gasteiger partial charge is 0.394 e. The molecule has 1 aliphatic rings. The summed E-state index contributed by atoms with van der Waals surface area (Å²) in [5.74, 6) is 1.23. The van der Waals surface area contributed by atoms with Crippen LogP contribution in [0.2, 0.25) is 0 Å². The number of unbranched alkanes of at least 4 members (excludes halogenated alkanes) is 1. The Balaban J connectivity index is 2.07. The van der Waals surface area contributed by atoms with Crippen molar-refractivity contribution in [2.75, 3.05) is 26.4 Å². The summed E-state index contributed by atoms with van der Waals surface area (Å²) in [6, 6.07) is 0. The number of hydrogen-bond acceptors (Lipinski definition) is 3. The molecule has 19 heavy (non-hydrogen) atoms. The van der Waals surface area contributed by atoms with Gasteiger partial charge in [0.05, 0.1) is 19.8 Å². The Morgan fingerprint density at radius 2 is 2.00 bits per heavy atom. The summed E-state index contributed by atoms with van der Waals surface area (Å²) in [4.78, 5) is 11.9. The van der Waals surface area contributed by atoms with E-state index in [4.69, 9.17) is 9.84 Å². The molecule has 1 aliphatic carbocycles. The summed E-state index contributed by atoms with van der Waals surface area (Å²) in [5, 5.41) is 11.5. The van der Waals surface area contributed by atoms with E-state index < -0.39 is 0 Å². The third kappa shape index (κ3) is 6.92. The van der Waals surface area contributed by atoms with Crippen LogP contribution in [-0.4, -0.2) is 37.4 Å². The van der Waals surface area contributed by atoms with Gasteiger partial charge in [-0.15, -0.1) is 0 Å². The third-order valence-electron chi connectivity index (χ3n) is 3.96. The Kier molecular flexibility index (Phi) is 8.84. The van der Waals surface area contributed by atoms with Crippen LogP contribution < -0.4 is 5.32 Å². The van der Waals surface area contributed by atoms with Crippen molar-refractivity contribution in [3.8, 4) is 0 Å². The Hall–Kier alpha value is -0.610. The van der Waals surface area contributed by atoms with Crippen molar-refractivity contribution in [2.45, 2.75) is 51.9 Å². The van der Waals surface area contributed by atoms with Gasteiger partial charge in [0, 0.05) is 12.5 Å². The summed E-state index contributed by atoms with van der Waals surface area (Å²) in [6.07, 6.45) is 8.42. The number of aliphatic hydroxyl groups excluding tert-OH is 1. The number of ether oxygens (including phenoxy) is 1. The fourth-order valence-electron chi connectivity index (χ4n) is 2.76. The van der Waals surface area contributed by atoms with Crippen LogP contribution in [0.1, 0.15) is 51.9 Å². The van der Waals surface area contributed by atoms with Gasteiger partial charge in [-0.05, 0) is 31.6 Å². The zero-order valence-corrected chi connectivity index (χ0v) is 12.2. The highest BCUT2D eigenvalue weighted by molar-refractivity contribution is 5.78. The minimum atomic E-state index is 0.0374. The summed E-state index contributed by atoms with van der Waals surface area (Å²) in [7, 11) is 0. The molecule has 0 spiro atoms. The Labute approximate surface area is 116 Å². The first-order chi connectivity index (χ1) is 9.27. The first kappa shape index (κ1) is 16.4. The van der Waals surface area contributed by atoms with Gasteiger partial charge in [-0.2, -0.15) is 0 Å². The molecule has 0 aliphatic heterocycles. The first-order valence-electron chi connectivity index (χ1n) is 7.74. The van der Waals surface area contributed by atoms with Crippen molar-refractivity contribution < 1.29 is 14.6 Å². The van der Waals surface area contributed by atoms with Crippen LogP contribution in [0.3, 0.4) is 0 Å². The molecule has 0 bridgehead atoms. The lowest BCUT2D eigenvalue weighted by Gasteiger charge is -2.27. The molecule has 4 heteroatoms. The van der Waals surface area contributed by atoms with E-state index in [1.165, 1.54) is 32.1 Å². The molecule has 0 atom stereocenters. The molecule has 0 radical (unpaired) electrons. The molecule has 4 nitrogen and oxygen atoms in total. The molecule has 1 rings (SSSR count). The molecular weight excluding hydrogens is 242 g/mol. The van der Waals surface area contributed by atoms with Gasteiger partial charge < -0.3 is 15.2 Å². The molecule has 0 aromatic rings. The molecule has 0 saturated heterocycles. The van der Waals surface area contributed by atoms with Gasteiger partial charge >= 0.3 is 0 Å². The van der Waals surface area contributed by atoms with Gasteiger partial charge in [0.1, 0.15) is 0 Å².